The van der Waals surface area contributed by atoms with Crippen molar-refractivity contribution in [2.24, 2.45) is 0 Å². The summed E-state index contributed by atoms with van der Waals surface area (Å²) in [6.45, 7) is 1.05. The highest BCUT2D eigenvalue weighted by atomic mass is 19.4. The van der Waals surface area contributed by atoms with Gasteiger partial charge in [-0.3, -0.25) is 4.79 Å². The molecule has 1 atom stereocenters. The number of nitrogens with zero attached hydrogens (tertiary/aromatic N) is 1. The lowest BCUT2D eigenvalue weighted by molar-refractivity contribution is -0.163. The highest BCUT2D eigenvalue weighted by molar-refractivity contribution is 5.69. The van der Waals surface area contributed by atoms with Crippen molar-refractivity contribution < 1.29 is 27.8 Å². The first-order chi connectivity index (χ1) is 9.29. The van der Waals surface area contributed by atoms with Gasteiger partial charge in [0.25, 0.3) is 0 Å². The molecule has 0 fully saturated rings. The molecule has 0 saturated carbocycles. The number of hydrogen-bond acceptors (Lipinski definition) is 3. The zero-order valence-corrected chi connectivity index (χ0v) is 10.8. The van der Waals surface area contributed by atoms with Gasteiger partial charge in [-0.05, 0) is 17.7 Å². The Morgan fingerprint density at radius 1 is 1.50 bits per heavy atom. The van der Waals surface area contributed by atoms with Crippen molar-refractivity contribution in [1.29, 1.82) is 0 Å². The van der Waals surface area contributed by atoms with Crippen LogP contribution in [0.1, 0.15) is 17.9 Å². The lowest BCUT2D eigenvalue weighted by Crippen LogP contribution is -2.29. The molecule has 0 aliphatic carbocycles. The van der Waals surface area contributed by atoms with Crippen LogP contribution in [0.25, 0.3) is 0 Å². The molecule has 1 aliphatic rings. The van der Waals surface area contributed by atoms with E-state index in [1.807, 2.05) is 0 Å². The minimum Gasteiger partial charge on any atom is -0.490 e. The third kappa shape index (κ3) is 2.97. The number of benzene rings is 1. The molecule has 1 N–H and O–H groups in total. The van der Waals surface area contributed by atoms with Crippen molar-refractivity contribution in [1.82, 2.24) is 0 Å². The van der Waals surface area contributed by atoms with Gasteiger partial charge >= 0.3 is 12.1 Å². The Balaban J connectivity index is 2.39. The Labute approximate surface area is 113 Å². The molecule has 4 nitrogen and oxygen atoms in total. The van der Waals surface area contributed by atoms with E-state index >= 15 is 0 Å². The zero-order valence-electron chi connectivity index (χ0n) is 10.8. The van der Waals surface area contributed by atoms with Crippen LogP contribution in [0.15, 0.2) is 18.2 Å². The summed E-state index contributed by atoms with van der Waals surface area (Å²) in [6.07, 6.45) is -5.58. The molecule has 20 heavy (non-hydrogen) atoms. The minimum atomic E-state index is -4.60. The van der Waals surface area contributed by atoms with Crippen LogP contribution in [0, 0.1) is 0 Å². The van der Waals surface area contributed by atoms with E-state index in [9.17, 15) is 18.0 Å². The second-order valence-electron chi connectivity index (χ2n) is 4.69. The van der Waals surface area contributed by atoms with Gasteiger partial charge in [0, 0.05) is 7.05 Å². The van der Waals surface area contributed by atoms with Crippen LogP contribution in [-0.2, 0) is 4.79 Å². The van der Waals surface area contributed by atoms with Crippen molar-refractivity contribution in [3.05, 3.63) is 23.8 Å². The number of rotatable bonds is 3. The molecule has 0 saturated heterocycles. The van der Waals surface area contributed by atoms with Crippen molar-refractivity contribution in [3.8, 4) is 5.75 Å². The smallest absolute Gasteiger partial charge is 0.396 e. The average molecular weight is 289 g/mol. The predicted molar refractivity (Wildman–Crippen MR) is 66.3 cm³/mol. The van der Waals surface area contributed by atoms with E-state index in [2.05, 4.69) is 0 Å². The molecular weight excluding hydrogens is 275 g/mol. The standard InChI is InChI=1S/C13H14F3NO3/c1-17-4-5-20-11-3-2-8(6-10(11)17)9(7-12(18)19)13(14,15)16/h2-3,6,9H,4-5,7H2,1H3,(H,18,19). The summed E-state index contributed by atoms with van der Waals surface area (Å²) in [7, 11) is 1.75. The maximum atomic E-state index is 13.0. The van der Waals surface area contributed by atoms with Gasteiger partial charge in [-0.1, -0.05) is 6.07 Å². The Bertz CT molecular complexity index is 516. The van der Waals surface area contributed by atoms with Crippen molar-refractivity contribution >= 4 is 11.7 Å². The first-order valence-corrected chi connectivity index (χ1v) is 6.05. The summed E-state index contributed by atoms with van der Waals surface area (Å²) >= 11 is 0. The fraction of sp³-hybridized carbons (Fsp3) is 0.462. The summed E-state index contributed by atoms with van der Waals surface area (Å²) in [5.41, 5.74) is 0.490. The van der Waals surface area contributed by atoms with Gasteiger partial charge in [-0.25, -0.2) is 0 Å². The van der Waals surface area contributed by atoms with Gasteiger partial charge in [-0.2, -0.15) is 13.2 Å². The molecule has 7 heteroatoms. The maximum Gasteiger partial charge on any atom is 0.396 e. The first kappa shape index (κ1) is 14.5. The topological polar surface area (TPSA) is 49.8 Å². The monoisotopic (exact) mass is 289 g/mol. The number of aliphatic carboxylic acids is 1. The number of alkyl halides is 3. The van der Waals surface area contributed by atoms with Crippen LogP contribution >= 0.6 is 0 Å². The molecule has 1 heterocycles. The SMILES string of the molecule is CN1CCOc2ccc(C(CC(=O)O)C(F)(F)F)cc21. The van der Waals surface area contributed by atoms with Crippen molar-refractivity contribution in [2.45, 2.75) is 18.5 Å². The maximum absolute atomic E-state index is 13.0. The molecule has 110 valence electrons. The molecular formula is C13H14F3NO3. The fourth-order valence-corrected chi connectivity index (χ4v) is 2.18. The number of carbonyl (C=O) groups is 1. The predicted octanol–water partition coefficient (Wildman–Crippen LogP) is 2.64. The van der Waals surface area contributed by atoms with E-state index in [0.717, 1.165) is 0 Å². The van der Waals surface area contributed by atoms with Crippen LogP contribution < -0.4 is 9.64 Å². The van der Waals surface area contributed by atoms with Gasteiger partial charge in [0.1, 0.15) is 12.4 Å². The van der Waals surface area contributed by atoms with E-state index in [1.54, 1.807) is 11.9 Å². The van der Waals surface area contributed by atoms with Crippen molar-refractivity contribution in [3.63, 3.8) is 0 Å². The molecule has 0 aromatic heterocycles. The normalized spacial score (nSPS) is 16.3. The summed E-state index contributed by atoms with van der Waals surface area (Å²) in [5, 5.41) is 8.66. The molecule has 1 aromatic carbocycles. The number of halogens is 3. The van der Waals surface area contributed by atoms with E-state index in [4.69, 9.17) is 9.84 Å². The lowest BCUT2D eigenvalue weighted by atomic mass is 9.94. The largest absolute Gasteiger partial charge is 0.490 e. The van der Waals surface area contributed by atoms with E-state index in [-0.39, 0.29) is 5.56 Å². The fourth-order valence-electron chi connectivity index (χ4n) is 2.18. The highest BCUT2D eigenvalue weighted by Gasteiger charge is 2.42. The summed E-state index contributed by atoms with van der Waals surface area (Å²) in [6, 6.07) is 4.09. The number of carboxylic acids is 1. The molecule has 0 bridgehead atoms. The summed E-state index contributed by atoms with van der Waals surface area (Å²) < 4.78 is 44.3. The number of anilines is 1. The van der Waals surface area contributed by atoms with Crippen LogP contribution in [0.3, 0.4) is 0 Å². The number of carboxylic acid groups (broad SMARTS) is 1. The first-order valence-electron chi connectivity index (χ1n) is 6.05. The van der Waals surface area contributed by atoms with Crippen LogP contribution in [-0.4, -0.2) is 37.5 Å². The quantitative estimate of drug-likeness (QED) is 0.929. The second-order valence-corrected chi connectivity index (χ2v) is 4.69. The molecule has 0 amide bonds. The van der Waals surface area contributed by atoms with Gasteiger partial charge in [0.05, 0.1) is 24.6 Å². The molecule has 0 radical (unpaired) electrons. The highest BCUT2D eigenvalue weighted by Crippen LogP contribution is 2.41. The average Bonchev–Trinajstić information content (AvgIpc) is 2.35. The zero-order chi connectivity index (χ0) is 14.9. The molecule has 0 spiro atoms. The van der Waals surface area contributed by atoms with Gasteiger partial charge < -0.3 is 14.7 Å². The van der Waals surface area contributed by atoms with Gasteiger partial charge in [0.2, 0.25) is 0 Å². The Morgan fingerprint density at radius 2 is 2.20 bits per heavy atom. The van der Waals surface area contributed by atoms with Crippen LogP contribution in [0.4, 0.5) is 18.9 Å². The number of fused-ring (bicyclic) bond motifs is 1. The van der Waals surface area contributed by atoms with Crippen LogP contribution in [0.2, 0.25) is 0 Å². The Kier molecular flexibility index (Phi) is 3.78. The second kappa shape index (κ2) is 5.22. The van der Waals surface area contributed by atoms with Gasteiger partial charge in [0.15, 0.2) is 0 Å². The summed E-state index contributed by atoms with van der Waals surface area (Å²) in [5.74, 6) is -2.98. The van der Waals surface area contributed by atoms with Gasteiger partial charge in [-0.15, -0.1) is 0 Å². The van der Waals surface area contributed by atoms with E-state index < -0.39 is 24.5 Å². The third-order valence-corrected chi connectivity index (χ3v) is 3.25. The lowest BCUT2D eigenvalue weighted by Gasteiger charge is -2.29. The molecule has 1 aromatic rings. The Hall–Kier alpha value is -1.92. The van der Waals surface area contributed by atoms with Crippen molar-refractivity contribution in [2.75, 3.05) is 25.1 Å². The number of likely N-dealkylation sites (N-methyl/N-ethyl adjacent to an activating group) is 1. The minimum absolute atomic E-state index is 0.0593. The van der Waals surface area contributed by atoms with E-state index in [1.165, 1.54) is 18.2 Å². The van der Waals surface area contributed by atoms with E-state index in [0.29, 0.717) is 24.6 Å². The Morgan fingerprint density at radius 3 is 2.80 bits per heavy atom. The number of ether oxygens (including phenoxy) is 1. The molecule has 1 unspecified atom stereocenters. The molecule has 2 rings (SSSR count). The summed E-state index contributed by atoms with van der Waals surface area (Å²) in [4.78, 5) is 12.4. The number of hydrogen-bond donors (Lipinski definition) is 1. The molecule has 1 aliphatic heterocycles. The van der Waals surface area contributed by atoms with Crippen LogP contribution in [0.5, 0.6) is 5.75 Å². The third-order valence-electron chi connectivity index (χ3n) is 3.25.